The van der Waals surface area contributed by atoms with E-state index >= 15 is 0 Å². The topological polar surface area (TPSA) is 80.4 Å². The molecule has 0 radical (unpaired) electrons. The molecule has 0 bridgehead atoms. The summed E-state index contributed by atoms with van der Waals surface area (Å²) in [5.74, 6) is 1.72. The molecule has 0 fully saturated rings. The van der Waals surface area contributed by atoms with E-state index < -0.39 is 6.04 Å². The Labute approximate surface area is 131 Å². The second kappa shape index (κ2) is 9.15. The molecule has 6 nitrogen and oxygen atoms in total. The molecule has 0 aliphatic heterocycles. The Morgan fingerprint density at radius 1 is 1.75 bits per heavy atom. The van der Waals surface area contributed by atoms with Gasteiger partial charge in [-0.15, -0.1) is 11.3 Å². The molecule has 0 aliphatic carbocycles. The number of hydrogen-bond acceptors (Lipinski definition) is 6. The summed E-state index contributed by atoms with van der Waals surface area (Å²) in [6.07, 6.45) is 2.65. The van der Waals surface area contributed by atoms with Crippen molar-refractivity contribution in [3.05, 3.63) is 25.7 Å². The molecular formula is C11H17ClN4O2S2. The molecule has 0 aromatic carbocycles. The molecular weight excluding hydrogens is 320 g/mol. The fourth-order valence-corrected chi connectivity index (χ4v) is 3.34. The maximum atomic E-state index is 11.2. The van der Waals surface area contributed by atoms with Crippen molar-refractivity contribution in [1.29, 1.82) is 0 Å². The second-order valence-corrected chi connectivity index (χ2v) is 6.77. The summed E-state index contributed by atoms with van der Waals surface area (Å²) in [7, 11) is 1.56. The lowest BCUT2D eigenvalue weighted by Gasteiger charge is -2.13. The summed E-state index contributed by atoms with van der Waals surface area (Å²) in [5.41, 5.74) is 0. The number of aromatic nitrogens is 1. The summed E-state index contributed by atoms with van der Waals surface area (Å²) in [6.45, 7) is 2.49. The van der Waals surface area contributed by atoms with E-state index in [0.29, 0.717) is 22.6 Å². The maximum Gasteiger partial charge on any atom is 0.277 e. The first-order valence-corrected chi connectivity index (χ1v) is 8.45. The molecule has 1 heterocycles. The summed E-state index contributed by atoms with van der Waals surface area (Å²) in [5, 5.41) is 14.2. The molecule has 1 rings (SSSR count). The number of amidine groups is 1. The van der Waals surface area contributed by atoms with Crippen molar-refractivity contribution in [1.82, 2.24) is 10.3 Å². The molecule has 1 aromatic heterocycles. The van der Waals surface area contributed by atoms with Gasteiger partial charge in [-0.2, -0.15) is 11.8 Å². The average Bonchev–Trinajstić information content (AvgIpc) is 2.82. The Kier molecular flexibility index (Phi) is 7.86. The van der Waals surface area contributed by atoms with Gasteiger partial charge in [0.2, 0.25) is 0 Å². The van der Waals surface area contributed by atoms with Gasteiger partial charge < -0.3 is 5.32 Å². The van der Waals surface area contributed by atoms with Gasteiger partial charge in [0.25, 0.3) is 6.04 Å². The lowest BCUT2D eigenvalue weighted by molar-refractivity contribution is -0.497. The zero-order valence-corrected chi connectivity index (χ0v) is 13.7. The normalized spacial score (nSPS) is 13.2. The highest BCUT2D eigenvalue weighted by Gasteiger charge is 2.26. The third kappa shape index (κ3) is 5.64. The summed E-state index contributed by atoms with van der Waals surface area (Å²) < 4.78 is 0.459. The van der Waals surface area contributed by atoms with Crippen molar-refractivity contribution in [3.63, 3.8) is 0 Å². The second-order valence-electron chi connectivity index (χ2n) is 3.92. The first kappa shape index (κ1) is 17.2. The van der Waals surface area contributed by atoms with Gasteiger partial charge in [0, 0.05) is 23.0 Å². The minimum atomic E-state index is -0.806. The molecule has 1 atom stereocenters. The first-order valence-electron chi connectivity index (χ1n) is 6.10. The number of thiazole rings is 1. The van der Waals surface area contributed by atoms with E-state index in [1.807, 2.05) is 0 Å². The summed E-state index contributed by atoms with van der Waals surface area (Å²) in [4.78, 5) is 19.7. The van der Waals surface area contributed by atoms with E-state index in [-0.39, 0.29) is 4.92 Å². The smallest absolute Gasteiger partial charge is 0.277 e. The molecule has 0 aliphatic rings. The highest BCUT2D eigenvalue weighted by Crippen LogP contribution is 2.17. The van der Waals surface area contributed by atoms with Gasteiger partial charge in [0.15, 0.2) is 10.3 Å². The number of nitrogens with one attached hydrogen (secondary N) is 1. The molecule has 1 aromatic rings. The third-order valence-electron chi connectivity index (χ3n) is 2.40. The van der Waals surface area contributed by atoms with Crippen LogP contribution in [0.3, 0.4) is 0 Å². The molecule has 1 N–H and O–H groups in total. The van der Waals surface area contributed by atoms with Crippen molar-refractivity contribution >= 4 is 40.5 Å². The molecule has 0 saturated carbocycles. The van der Waals surface area contributed by atoms with Crippen LogP contribution in [0.25, 0.3) is 0 Å². The van der Waals surface area contributed by atoms with E-state index in [9.17, 15) is 10.1 Å². The number of thioether (sulfide) groups is 1. The van der Waals surface area contributed by atoms with Crippen LogP contribution in [0.5, 0.6) is 0 Å². The Balaban J connectivity index is 2.59. The van der Waals surface area contributed by atoms with Gasteiger partial charge in [0.1, 0.15) is 0 Å². The van der Waals surface area contributed by atoms with Crippen LogP contribution in [0.2, 0.25) is 4.47 Å². The molecule has 0 amide bonds. The van der Waals surface area contributed by atoms with Gasteiger partial charge in [0.05, 0.1) is 12.3 Å². The molecule has 0 saturated heterocycles. The van der Waals surface area contributed by atoms with Gasteiger partial charge in [-0.3, -0.25) is 15.1 Å². The van der Waals surface area contributed by atoms with E-state index in [2.05, 4.69) is 22.2 Å². The fourth-order valence-electron chi connectivity index (χ4n) is 1.47. The van der Waals surface area contributed by atoms with Crippen LogP contribution in [0, 0.1) is 10.1 Å². The van der Waals surface area contributed by atoms with E-state index in [4.69, 9.17) is 11.6 Å². The summed E-state index contributed by atoms with van der Waals surface area (Å²) >= 11 is 8.65. The van der Waals surface area contributed by atoms with Crippen LogP contribution in [0.15, 0.2) is 11.2 Å². The van der Waals surface area contributed by atoms with Gasteiger partial charge >= 0.3 is 0 Å². The Morgan fingerprint density at radius 3 is 3.00 bits per heavy atom. The van der Waals surface area contributed by atoms with E-state index in [0.717, 1.165) is 17.1 Å². The third-order valence-corrected chi connectivity index (χ3v) is 4.77. The van der Waals surface area contributed by atoms with Crippen molar-refractivity contribution in [2.24, 2.45) is 4.99 Å². The van der Waals surface area contributed by atoms with Crippen LogP contribution in [0.4, 0.5) is 0 Å². The van der Waals surface area contributed by atoms with E-state index in [1.165, 1.54) is 11.3 Å². The minimum Gasteiger partial charge on any atom is -0.363 e. The SMILES string of the molecule is CCCSCC(C(=NC)NCc1cnc(Cl)s1)[N+](=O)[O-]. The zero-order valence-electron chi connectivity index (χ0n) is 11.3. The van der Waals surface area contributed by atoms with Crippen molar-refractivity contribution in [3.8, 4) is 0 Å². The van der Waals surface area contributed by atoms with Gasteiger partial charge in [-0.05, 0) is 12.2 Å². The number of nitro groups is 1. The highest BCUT2D eigenvalue weighted by molar-refractivity contribution is 7.99. The molecule has 0 spiro atoms. The van der Waals surface area contributed by atoms with Crippen LogP contribution in [0.1, 0.15) is 18.2 Å². The lowest BCUT2D eigenvalue weighted by Crippen LogP contribution is -2.41. The fraction of sp³-hybridized carbons (Fsp3) is 0.636. The first-order chi connectivity index (χ1) is 9.58. The predicted octanol–water partition coefficient (Wildman–Crippen LogP) is 2.70. The molecule has 112 valence electrons. The van der Waals surface area contributed by atoms with Crippen molar-refractivity contribution in [2.45, 2.75) is 25.9 Å². The molecule has 20 heavy (non-hydrogen) atoms. The number of aliphatic imine (C=N–C) groups is 1. The highest BCUT2D eigenvalue weighted by atomic mass is 35.5. The Bertz CT molecular complexity index is 467. The number of halogens is 1. The monoisotopic (exact) mass is 336 g/mol. The largest absolute Gasteiger partial charge is 0.363 e. The van der Waals surface area contributed by atoms with Gasteiger partial charge in [-0.1, -0.05) is 18.5 Å². The van der Waals surface area contributed by atoms with Crippen LogP contribution < -0.4 is 5.32 Å². The van der Waals surface area contributed by atoms with Gasteiger partial charge in [-0.25, -0.2) is 4.98 Å². The average molecular weight is 337 g/mol. The van der Waals surface area contributed by atoms with Crippen LogP contribution in [-0.4, -0.2) is 40.3 Å². The molecule has 9 heteroatoms. The van der Waals surface area contributed by atoms with E-state index in [1.54, 1.807) is 25.0 Å². The number of rotatable bonds is 8. The lowest BCUT2D eigenvalue weighted by atomic mass is 10.3. The standard InChI is InChI=1S/C11H17ClN4O2S2/c1-3-4-19-7-9(16(17)18)10(13-2)14-5-8-6-15-11(12)20-8/h6,9H,3-5,7H2,1-2H3,(H,13,14). The minimum absolute atomic E-state index is 0.294. The quantitative estimate of drug-likeness (QED) is 0.259. The Morgan fingerprint density at radius 2 is 2.50 bits per heavy atom. The molecule has 1 unspecified atom stereocenters. The maximum absolute atomic E-state index is 11.2. The predicted molar refractivity (Wildman–Crippen MR) is 85.7 cm³/mol. The van der Waals surface area contributed by atoms with Crippen LogP contribution >= 0.6 is 34.7 Å². The number of hydrogen-bond donors (Lipinski definition) is 1. The summed E-state index contributed by atoms with van der Waals surface area (Å²) in [6, 6.07) is -0.806. The van der Waals surface area contributed by atoms with Crippen LogP contribution in [-0.2, 0) is 6.54 Å². The Hall–Kier alpha value is -0.860. The van der Waals surface area contributed by atoms with Crippen molar-refractivity contribution in [2.75, 3.05) is 18.6 Å². The van der Waals surface area contributed by atoms with Crippen molar-refractivity contribution < 1.29 is 4.92 Å². The number of nitrogens with zero attached hydrogens (tertiary/aromatic N) is 3. The zero-order chi connectivity index (χ0) is 15.0.